The van der Waals surface area contributed by atoms with E-state index >= 15 is 0 Å². The highest BCUT2D eigenvalue weighted by Crippen LogP contribution is 1.96. The molecule has 1 amide bonds. The second-order valence-corrected chi connectivity index (χ2v) is 3.64. The molecule has 2 atom stereocenters. The summed E-state index contributed by atoms with van der Waals surface area (Å²) in [6.07, 6.45) is 1.26. The van der Waals surface area contributed by atoms with Gasteiger partial charge in [-0.15, -0.1) is 0 Å². The fourth-order valence-corrected chi connectivity index (χ4v) is 1.17. The normalized spacial score (nSPS) is 14.7. The van der Waals surface area contributed by atoms with Crippen LogP contribution in [-0.2, 0) is 9.53 Å². The highest BCUT2D eigenvalue weighted by atomic mass is 16.5. The Morgan fingerprint density at radius 1 is 1.60 bits per heavy atom. The predicted molar refractivity (Wildman–Crippen MR) is 58.4 cm³/mol. The van der Waals surface area contributed by atoms with Crippen LogP contribution in [0.4, 0.5) is 0 Å². The molecule has 0 radical (unpaired) electrons. The Labute approximate surface area is 91.0 Å². The molecule has 0 heterocycles. The first kappa shape index (κ1) is 14.3. The van der Waals surface area contributed by atoms with Gasteiger partial charge in [-0.05, 0) is 19.8 Å². The van der Waals surface area contributed by atoms with Crippen molar-refractivity contribution in [2.45, 2.75) is 38.4 Å². The summed E-state index contributed by atoms with van der Waals surface area (Å²) in [5.74, 6) is -0.0575. The molecule has 0 aromatic rings. The van der Waals surface area contributed by atoms with Crippen LogP contribution in [-0.4, -0.2) is 43.4 Å². The number of rotatable bonds is 8. The van der Waals surface area contributed by atoms with Gasteiger partial charge in [0.05, 0.1) is 18.6 Å². The Bertz CT molecular complexity index is 170. The van der Waals surface area contributed by atoms with Crippen LogP contribution in [0.1, 0.15) is 26.2 Å². The summed E-state index contributed by atoms with van der Waals surface area (Å²) < 4.78 is 4.99. The van der Waals surface area contributed by atoms with Gasteiger partial charge in [0.2, 0.25) is 5.91 Å². The number of hydrogen-bond donors (Lipinski definition) is 3. The van der Waals surface area contributed by atoms with E-state index in [0.29, 0.717) is 25.9 Å². The second-order valence-electron chi connectivity index (χ2n) is 3.64. The van der Waals surface area contributed by atoms with Gasteiger partial charge in [-0.2, -0.15) is 0 Å². The number of aliphatic hydroxyl groups is 1. The Hall–Kier alpha value is -0.650. The smallest absolute Gasteiger partial charge is 0.222 e. The van der Waals surface area contributed by atoms with E-state index in [0.717, 1.165) is 6.42 Å². The zero-order valence-corrected chi connectivity index (χ0v) is 9.53. The Balaban J connectivity index is 3.48. The molecule has 5 nitrogen and oxygen atoms in total. The van der Waals surface area contributed by atoms with Crippen LogP contribution in [0.25, 0.3) is 0 Å². The number of nitrogens with two attached hydrogens (primary N) is 1. The lowest BCUT2D eigenvalue weighted by atomic mass is 10.2. The second kappa shape index (κ2) is 8.64. The van der Waals surface area contributed by atoms with Gasteiger partial charge in [-0.1, -0.05) is 0 Å². The molecule has 0 aromatic heterocycles. The van der Waals surface area contributed by atoms with Crippen LogP contribution >= 0.6 is 0 Å². The first-order chi connectivity index (χ1) is 7.10. The SMILES string of the molecule is COC(CN)CC(=O)NCCCC(C)O. The number of nitrogens with one attached hydrogen (secondary N) is 1. The molecule has 0 rings (SSSR count). The molecule has 0 bridgehead atoms. The van der Waals surface area contributed by atoms with Crippen molar-refractivity contribution in [1.82, 2.24) is 5.32 Å². The van der Waals surface area contributed by atoms with E-state index in [2.05, 4.69) is 5.32 Å². The van der Waals surface area contributed by atoms with Crippen LogP contribution in [0.2, 0.25) is 0 Å². The highest BCUT2D eigenvalue weighted by molar-refractivity contribution is 5.76. The average molecular weight is 218 g/mol. The lowest BCUT2D eigenvalue weighted by molar-refractivity contribution is -0.123. The summed E-state index contributed by atoms with van der Waals surface area (Å²) in [6, 6.07) is 0. The van der Waals surface area contributed by atoms with Crippen molar-refractivity contribution in [3.05, 3.63) is 0 Å². The number of hydrogen-bond acceptors (Lipinski definition) is 4. The molecule has 4 N–H and O–H groups in total. The summed E-state index contributed by atoms with van der Waals surface area (Å²) in [5, 5.41) is 11.7. The number of aliphatic hydroxyl groups excluding tert-OH is 1. The number of carbonyl (C=O) groups is 1. The molecule has 0 aliphatic carbocycles. The van der Waals surface area contributed by atoms with Gasteiger partial charge >= 0.3 is 0 Å². The molecule has 0 saturated carbocycles. The summed E-state index contributed by atoms with van der Waals surface area (Å²) >= 11 is 0. The molecule has 15 heavy (non-hydrogen) atoms. The van der Waals surface area contributed by atoms with Gasteiger partial charge in [-0.3, -0.25) is 4.79 Å². The third kappa shape index (κ3) is 8.35. The fraction of sp³-hybridized carbons (Fsp3) is 0.900. The molecular weight excluding hydrogens is 196 g/mol. The standard InChI is InChI=1S/C10H22N2O3/c1-8(13)4-3-5-12-10(14)6-9(7-11)15-2/h8-9,13H,3-7,11H2,1-2H3,(H,12,14). The van der Waals surface area contributed by atoms with E-state index in [9.17, 15) is 4.79 Å². The van der Waals surface area contributed by atoms with Crippen molar-refractivity contribution in [1.29, 1.82) is 0 Å². The van der Waals surface area contributed by atoms with Gasteiger partial charge in [0.25, 0.3) is 0 Å². The van der Waals surface area contributed by atoms with E-state index in [1.165, 1.54) is 7.11 Å². The maximum absolute atomic E-state index is 11.3. The Morgan fingerprint density at radius 3 is 2.73 bits per heavy atom. The lowest BCUT2D eigenvalue weighted by Gasteiger charge is -2.12. The van der Waals surface area contributed by atoms with Crippen molar-refractivity contribution < 1.29 is 14.6 Å². The maximum atomic E-state index is 11.3. The number of ether oxygens (including phenoxy) is 1. The molecule has 0 saturated heterocycles. The van der Waals surface area contributed by atoms with Crippen LogP contribution < -0.4 is 11.1 Å². The van der Waals surface area contributed by atoms with Crippen LogP contribution in [0.5, 0.6) is 0 Å². The van der Waals surface area contributed by atoms with E-state index < -0.39 is 0 Å². The largest absolute Gasteiger partial charge is 0.393 e. The molecule has 90 valence electrons. The van der Waals surface area contributed by atoms with E-state index in [1.54, 1.807) is 6.92 Å². The van der Waals surface area contributed by atoms with Crippen LogP contribution in [0, 0.1) is 0 Å². The van der Waals surface area contributed by atoms with Crippen molar-refractivity contribution in [3.63, 3.8) is 0 Å². The summed E-state index contributed by atoms with van der Waals surface area (Å²) in [5.41, 5.74) is 5.39. The molecule has 0 aliphatic rings. The highest BCUT2D eigenvalue weighted by Gasteiger charge is 2.10. The quantitative estimate of drug-likeness (QED) is 0.485. The minimum Gasteiger partial charge on any atom is -0.393 e. The van der Waals surface area contributed by atoms with Crippen molar-refractivity contribution >= 4 is 5.91 Å². The van der Waals surface area contributed by atoms with E-state index in [1.807, 2.05) is 0 Å². The van der Waals surface area contributed by atoms with E-state index in [4.69, 9.17) is 15.6 Å². The van der Waals surface area contributed by atoms with Gasteiger partial charge in [0.1, 0.15) is 0 Å². The third-order valence-electron chi connectivity index (χ3n) is 2.13. The van der Waals surface area contributed by atoms with Gasteiger partial charge in [0, 0.05) is 20.2 Å². The van der Waals surface area contributed by atoms with Crippen molar-refractivity contribution in [2.75, 3.05) is 20.2 Å². The first-order valence-electron chi connectivity index (χ1n) is 5.27. The van der Waals surface area contributed by atoms with Crippen molar-refractivity contribution in [2.24, 2.45) is 5.73 Å². The zero-order valence-electron chi connectivity index (χ0n) is 9.53. The van der Waals surface area contributed by atoms with Gasteiger partial charge in [0.15, 0.2) is 0 Å². The third-order valence-corrected chi connectivity index (χ3v) is 2.13. The average Bonchev–Trinajstić information content (AvgIpc) is 2.20. The first-order valence-corrected chi connectivity index (χ1v) is 5.27. The summed E-state index contributed by atoms with van der Waals surface area (Å²) in [6.45, 7) is 2.67. The topological polar surface area (TPSA) is 84.6 Å². The Morgan fingerprint density at radius 2 is 2.27 bits per heavy atom. The number of amides is 1. The monoisotopic (exact) mass is 218 g/mol. The van der Waals surface area contributed by atoms with E-state index in [-0.39, 0.29) is 18.1 Å². The van der Waals surface area contributed by atoms with Gasteiger partial charge in [-0.25, -0.2) is 0 Å². The molecule has 5 heteroatoms. The number of methoxy groups -OCH3 is 1. The maximum Gasteiger partial charge on any atom is 0.222 e. The Kier molecular flexibility index (Phi) is 8.27. The van der Waals surface area contributed by atoms with Crippen molar-refractivity contribution in [3.8, 4) is 0 Å². The predicted octanol–water partition coefficient (Wildman–Crippen LogP) is -0.373. The minimum atomic E-state index is -0.308. The molecule has 0 spiro atoms. The molecular formula is C10H22N2O3. The van der Waals surface area contributed by atoms with Crippen LogP contribution in [0.15, 0.2) is 0 Å². The lowest BCUT2D eigenvalue weighted by Crippen LogP contribution is -2.32. The number of carbonyl (C=O) groups excluding carboxylic acids is 1. The van der Waals surface area contributed by atoms with Crippen LogP contribution in [0.3, 0.4) is 0 Å². The molecule has 0 fully saturated rings. The molecule has 0 aliphatic heterocycles. The zero-order chi connectivity index (χ0) is 11.7. The van der Waals surface area contributed by atoms with Gasteiger partial charge < -0.3 is 20.9 Å². The summed E-state index contributed by atoms with van der Waals surface area (Å²) in [7, 11) is 1.54. The molecule has 0 aromatic carbocycles. The fourth-order valence-electron chi connectivity index (χ4n) is 1.17. The molecule has 2 unspecified atom stereocenters. The summed E-state index contributed by atoms with van der Waals surface area (Å²) in [4.78, 5) is 11.3. The minimum absolute atomic E-state index is 0.0575.